The lowest BCUT2D eigenvalue weighted by Gasteiger charge is -2.11. The number of anilines is 2. The summed E-state index contributed by atoms with van der Waals surface area (Å²) in [7, 11) is 0. The fourth-order valence-electron chi connectivity index (χ4n) is 1.94. The van der Waals surface area contributed by atoms with Gasteiger partial charge in [0.2, 0.25) is 0 Å². The van der Waals surface area contributed by atoms with Gasteiger partial charge in [0.05, 0.1) is 12.2 Å². The maximum Gasteiger partial charge on any atom is 0.573 e. The van der Waals surface area contributed by atoms with E-state index in [2.05, 4.69) is 15.4 Å². The van der Waals surface area contributed by atoms with Crippen LogP contribution in [0.15, 0.2) is 48.5 Å². The highest BCUT2D eigenvalue weighted by Crippen LogP contribution is 2.24. The Kier molecular flexibility index (Phi) is 6.05. The lowest BCUT2D eigenvalue weighted by atomic mass is 10.2. The average molecular weight is 368 g/mol. The monoisotopic (exact) mass is 368 g/mol. The molecule has 0 unspecified atom stereocenters. The van der Waals surface area contributed by atoms with Crippen molar-refractivity contribution in [3.63, 3.8) is 0 Å². The zero-order valence-electron chi connectivity index (χ0n) is 13.6. The standard InChI is InChI=1S/C17H15F3N2O4/c1-2-25-15(23)11-3-5-12(6-4-11)21-16(24)22-13-7-9-14(10-8-13)26-17(18,19)20/h3-10H,2H2,1H3,(H2,21,22,24). The number of alkyl halides is 3. The summed E-state index contributed by atoms with van der Waals surface area (Å²) in [6, 6.07) is 10.1. The van der Waals surface area contributed by atoms with Crippen LogP contribution in [0.3, 0.4) is 0 Å². The van der Waals surface area contributed by atoms with Crippen molar-refractivity contribution in [2.24, 2.45) is 0 Å². The quantitative estimate of drug-likeness (QED) is 0.767. The summed E-state index contributed by atoms with van der Waals surface area (Å²) in [5, 5.41) is 4.99. The van der Waals surface area contributed by atoms with E-state index in [9.17, 15) is 22.8 Å². The van der Waals surface area contributed by atoms with Crippen LogP contribution in [0.4, 0.5) is 29.3 Å². The van der Waals surface area contributed by atoms with Crippen molar-refractivity contribution in [1.29, 1.82) is 0 Å². The minimum atomic E-state index is -4.78. The highest BCUT2D eigenvalue weighted by Gasteiger charge is 2.30. The number of benzene rings is 2. The minimum absolute atomic E-state index is 0.258. The van der Waals surface area contributed by atoms with Crippen molar-refractivity contribution >= 4 is 23.4 Å². The summed E-state index contributed by atoms with van der Waals surface area (Å²) >= 11 is 0. The second kappa shape index (κ2) is 8.24. The normalized spacial score (nSPS) is 10.8. The number of hydrogen-bond acceptors (Lipinski definition) is 4. The Morgan fingerprint density at radius 3 is 1.88 bits per heavy atom. The van der Waals surface area contributed by atoms with E-state index >= 15 is 0 Å². The molecule has 2 aromatic carbocycles. The first-order chi connectivity index (χ1) is 12.3. The van der Waals surface area contributed by atoms with Crippen LogP contribution in [0.25, 0.3) is 0 Å². The maximum atomic E-state index is 12.1. The number of hydrogen-bond donors (Lipinski definition) is 2. The van der Waals surface area contributed by atoms with Gasteiger partial charge >= 0.3 is 18.4 Å². The molecule has 0 aliphatic carbocycles. The van der Waals surface area contributed by atoms with Crippen LogP contribution in [0.2, 0.25) is 0 Å². The van der Waals surface area contributed by atoms with Gasteiger partial charge in [0.25, 0.3) is 0 Å². The van der Waals surface area contributed by atoms with Crippen molar-refractivity contribution < 1.29 is 32.2 Å². The van der Waals surface area contributed by atoms with Gasteiger partial charge in [-0.05, 0) is 55.5 Å². The number of halogens is 3. The van der Waals surface area contributed by atoms with Crippen molar-refractivity contribution in [2.75, 3.05) is 17.2 Å². The number of carbonyl (C=O) groups excluding carboxylic acids is 2. The first-order valence-corrected chi connectivity index (χ1v) is 7.48. The third-order valence-electron chi connectivity index (χ3n) is 3.00. The number of ether oxygens (including phenoxy) is 2. The molecule has 9 heteroatoms. The molecule has 2 N–H and O–H groups in total. The number of amides is 2. The number of esters is 1. The zero-order chi connectivity index (χ0) is 19.2. The van der Waals surface area contributed by atoms with Crippen molar-refractivity contribution in [3.05, 3.63) is 54.1 Å². The molecule has 0 atom stereocenters. The topological polar surface area (TPSA) is 76.7 Å². The van der Waals surface area contributed by atoms with E-state index in [1.807, 2.05) is 0 Å². The predicted octanol–water partition coefficient (Wildman–Crippen LogP) is 4.41. The number of rotatable bonds is 5. The van der Waals surface area contributed by atoms with Crippen molar-refractivity contribution in [1.82, 2.24) is 0 Å². The van der Waals surface area contributed by atoms with Gasteiger partial charge in [0.15, 0.2) is 0 Å². The molecule has 0 aliphatic heterocycles. The summed E-state index contributed by atoms with van der Waals surface area (Å²) in [5.74, 6) is -0.859. The highest BCUT2D eigenvalue weighted by molar-refractivity contribution is 6.00. The summed E-state index contributed by atoms with van der Waals surface area (Å²) in [6.07, 6.45) is -4.78. The summed E-state index contributed by atoms with van der Waals surface area (Å²) < 4.78 is 44.8. The van der Waals surface area contributed by atoms with Gasteiger partial charge in [0, 0.05) is 11.4 Å². The van der Waals surface area contributed by atoms with E-state index in [0.717, 1.165) is 12.1 Å². The number of carbonyl (C=O) groups is 2. The lowest BCUT2D eigenvalue weighted by Crippen LogP contribution is -2.19. The maximum absolute atomic E-state index is 12.1. The highest BCUT2D eigenvalue weighted by atomic mass is 19.4. The van der Waals surface area contributed by atoms with Gasteiger partial charge in [-0.2, -0.15) is 0 Å². The third kappa shape index (κ3) is 6.00. The van der Waals surface area contributed by atoms with E-state index in [1.54, 1.807) is 6.92 Å². The Balaban J connectivity index is 1.91. The van der Waals surface area contributed by atoms with Crippen LogP contribution in [-0.2, 0) is 4.74 Å². The lowest BCUT2D eigenvalue weighted by molar-refractivity contribution is -0.274. The van der Waals surface area contributed by atoms with Gasteiger partial charge in [0.1, 0.15) is 5.75 Å². The second-order valence-corrected chi connectivity index (χ2v) is 4.95. The predicted molar refractivity (Wildman–Crippen MR) is 88.2 cm³/mol. The molecule has 0 spiro atoms. The molecule has 2 rings (SSSR count). The van der Waals surface area contributed by atoms with Gasteiger partial charge in [-0.15, -0.1) is 13.2 Å². The van der Waals surface area contributed by atoms with Crippen LogP contribution in [0.1, 0.15) is 17.3 Å². The molecule has 2 amide bonds. The number of urea groups is 1. The van der Waals surface area contributed by atoms with E-state index in [4.69, 9.17) is 4.74 Å². The van der Waals surface area contributed by atoms with Crippen LogP contribution in [-0.4, -0.2) is 25.0 Å². The molecule has 138 valence electrons. The van der Waals surface area contributed by atoms with Crippen LogP contribution in [0.5, 0.6) is 5.75 Å². The minimum Gasteiger partial charge on any atom is -0.462 e. The van der Waals surface area contributed by atoms with Gasteiger partial charge in [-0.25, -0.2) is 9.59 Å². The first-order valence-electron chi connectivity index (χ1n) is 7.48. The molecule has 0 saturated heterocycles. The zero-order valence-corrected chi connectivity index (χ0v) is 13.6. The van der Waals surface area contributed by atoms with Crippen LogP contribution < -0.4 is 15.4 Å². The molecular formula is C17H15F3N2O4. The number of nitrogens with one attached hydrogen (secondary N) is 2. The van der Waals surface area contributed by atoms with Gasteiger partial charge in [-0.1, -0.05) is 0 Å². The molecule has 0 fully saturated rings. The molecule has 6 nitrogen and oxygen atoms in total. The van der Waals surface area contributed by atoms with E-state index in [0.29, 0.717) is 11.3 Å². The van der Waals surface area contributed by atoms with Crippen LogP contribution >= 0.6 is 0 Å². The Morgan fingerprint density at radius 1 is 0.923 bits per heavy atom. The summed E-state index contributed by atoms with van der Waals surface area (Å²) in [4.78, 5) is 23.4. The smallest absolute Gasteiger partial charge is 0.462 e. The largest absolute Gasteiger partial charge is 0.573 e. The van der Waals surface area contributed by atoms with Crippen molar-refractivity contribution in [3.8, 4) is 5.75 Å². The first kappa shape index (κ1) is 19.1. The Morgan fingerprint density at radius 2 is 1.42 bits per heavy atom. The second-order valence-electron chi connectivity index (χ2n) is 4.95. The Bertz CT molecular complexity index is 759. The molecule has 2 aromatic rings. The fourth-order valence-corrected chi connectivity index (χ4v) is 1.94. The SMILES string of the molecule is CCOC(=O)c1ccc(NC(=O)Nc2ccc(OC(F)(F)F)cc2)cc1. The third-order valence-corrected chi connectivity index (χ3v) is 3.00. The van der Waals surface area contributed by atoms with Crippen LogP contribution in [0, 0.1) is 0 Å². The van der Waals surface area contributed by atoms with E-state index in [-0.39, 0.29) is 12.3 Å². The molecule has 0 radical (unpaired) electrons. The Hall–Kier alpha value is -3.23. The van der Waals surface area contributed by atoms with Gasteiger partial charge in [-0.3, -0.25) is 0 Å². The molecular weight excluding hydrogens is 353 g/mol. The summed E-state index contributed by atoms with van der Waals surface area (Å²) in [6.45, 7) is 1.95. The molecule has 0 saturated carbocycles. The van der Waals surface area contributed by atoms with E-state index in [1.165, 1.54) is 36.4 Å². The molecule has 0 aromatic heterocycles. The van der Waals surface area contributed by atoms with Crippen molar-refractivity contribution in [2.45, 2.75) is 13.3 Å². The van der Waals surface area contributed by atoms with E-state index < -0.39 is 24.1 Å². The summed E-state index contributed by atoms with van der Waals surface area (Å²) in [5.41, 5.74) is 1.05. The van der Waals surface area contributed by atoms with Gasteiger partial charge < -0.3 is 20.1 Å². The fraction of sp³-hybridized carbons (Fsp3) is 0.176. The average Bonchev–Trinajstić information content (AvgIpc) is 2.56. The molecule has 0 aliphatic rings. The molecule has 0 bridgehead atoms. The molecule has 0 heterocycles. The Labute approximate surface area is 146 Å². The molecule has 26 heavy (non-hydrogen) atoms.